The van der Waals surface area contributed by atoms with Crippen molar-refractivity contribution in [1.82, 2.24) is 25.8 Å². The monoisotopic (exact) mass is 717 g/mol. The summed E-state index contributed by atoms with van der Waals surface area (Å²) in [5.41, 5.74) is 13.3. The molecule has 12 nitrogen and oxygen atoms in total. The summed E-state index contributed by atoms with van der Waals surface area (Å²) in [6, 6.07) is 15.2. The molecule has 2 aliphatic heterocycles. The summed E-state index contributed by atoms with van der Waals surface area (Å²) in [6.07, 6.45) is 5.59. The summed E-state index contributed by atoms with van der Waals surface area (Å²) in [5, 5.41) is 8.76. The molecule has 1 spiro atoms. The summed E-state index contributed by atoms with van der Waals surface area (Å²) in [4.78, 5) is 71.7. The van der Waals surface area contributed by atoms with E-state index in [9.17, 15) is 24.0 Å². The molecule has 0 bridgehead atoms. The SMILES string of the molecule is CC(C)C[C@@H](NC(=O)[C@@H](Cc1ccccc1)NC(=O)[C@H](N)Cc1ccccc1)C(=O)N[C@H](CCCCCN)C(=O)N1CCC2(CCN(C)C2=O)CC1. The van der Waals surface area contributed by atoms with Gasteiger partial charge in [0.05, 0.1) is 11.5 Å². The maximum absolute atomic E-state index is 14.0. The Kier molecular flexibility index (Phi) is 15.2. The van der Waals surface area contributed by atoms with Crippen LogP contribution in [0.3, 0.4) is 0 Å². The zero-order valence-corrected chi connectivity index (χ0v) is 31.2. The first-order valence-corrected chi connectivity index (χ1v) is 18.9. The normalized spacial score (nSPS) is 17.8. The molecular weight excluding hydrogens is 658 g/mol. The minimum Gasteiger partial charge on any atom is -0.345 e. The average molecular weight is 718 g/mol. The van der Waals surface area contributed by atoms with Crippen LogP contribution in [0.25, 0.3) is 0 Å². The largest absolute Gasteiger partial charge is 0.345 e. The number of benzene rings is 2. The molecule has 0 radical (unpaired) electrons. The maximum atomic E-state index is 14.0. The number of likely N-dealkylation sites (tertiary alicyclic amines) is 2. The van der Waals surface area contributed by atoms with Gasteiger partial charge in [-0.05, 0) is 68.5 Å². The van der Waals surface area contributed by atoms with Crippen LogP contribution in [0.5, 0.6) is 0 Å². The number of carbonyl (C=O) groups excluding carboxylic acids is 5. The van der Waals surface area contributed by atoms with E-state index < -0.39 is 47.3 Å². The Morgan fingerprint density at radius 1 is 0.731 bits per heavy atom. The van der Waals surface area contributed by atoms with Crippen LogP contribution in [0.4, 0.5) is 0 Å². The van der Waals surface area contributed by atoms with Gasteiger partial charge in [0.2, 0.25) is 29.5 Å². The summed E-state index contributed by atoms with van der Waals surface area (Å²) < 4.78 is 0. The molecule has 2 fully saturated rings. The number of unbranched alkanes of at least 4 members (excludes halogenated alkanes) is 2. The molecule has 0 aliphatic carbocycles. The van der Waals surface area contributed by atoms with Gasteiger partial charge in [-0.2, -0.15) is 0 Å². The molecule has 2 aliphatic rings. The number of nitrogens with one attached hydrogen (secondary N) is 3. The zero-order chi connectivity index (χ0) is 37.7. The van der Waals surface area contributed by atoms with Gasteiger partial charge in [-0.25, -0.2) is 0 Å². The van der Waals surface area contributed by atoms with Crippen molar-refractivity contribution in [2.75, 3.05) is 33.2 Å². The van der Waals surface area contributed by atoms with Gasteiger partial charge in [0, 0.05) is 33.1 Å². The molecule has 4 rings (SSSR count). The van der Waals surface area contributed by atoms with Crippen LogP contribution in [-0.2, 0) is 36.8 Å². The second kappa shape index (κ2) is 19.5. The first-order chi connectivity index (χ1) is 24.9. The zero-order valence-electron chi connectivity index (χ0n) is 31.2. The highest BCUT2D eigenvalue weighted by Gasteiger charge is 2.48. The smallest absolute Gasteiger partial charge is 0.245 e. The third-order valence-corrected chi connectivity index (χ3v) is 10.5. The molecule has 7 N–H and O–H groups in total. The Bertz CT molecular complexity index is 1480. The Hall–Kier alpha value is -4.29. The lowest BCUT2D eigenvalue weighted by Gasteiger charge is -2.39. The van der Waals surface area contributed by atoms with E-state index in [1.165, 1.54) is 0 Å². The van der Waals surface area contributed by atoms with Crippen LogP contribution in [0.2, 0.25) is 0 Å². The molecule has 0 saturated carbocycles. The quantitative estimate of drug-likeness (QED) is 0.147. The van der Waals surface area contributed by atoms with E-state index in [1.807, 2.05) is 81.6 Å². The van der Waals surface area contributed by atoms with Crippen molar-refractivity contribution in [3.63, 3.8) is 0 Å². The Morgan fingerprint density at radius 3 is 1.83 bits per heavy atom. The summed E-state index contributed by atoms with van der Waals surface area (Å²) in [7, 11) is 1.83. The summed E-state index contributed by atoms with van der Waals surface area (Å²) in [6.45, 7) is 6.09. The Balaban J connectivity index is 1.47. The van der Waals surface area contributed by atoms with E-state index in [0.717, 1.165) is 36.9 Å². The second-order valence-electron chi connectivity index (χ2n) is 15.0. The van der Waals surface area contributed by atoms with Crippen LogP contribution in [0.15, 0.2) is 60.7 Å². The molecular formula is C40H59N7O5. The summed E-state index contributed by atoms with van der Waals surface area (Å²) >= 11 is 0. The third kappa shape index (κ3) is 11.4. The van der Waals surface area contributed by atoms with Crippen LogP contribution < -0.4 is 27.4 Å². The minimum atomic E-state index is -0.995. The molecule has 2 heterocycles. The van der Waals surface area contributed by atoms with Gasteiger partial charge in [-0.15, -0.1) is 0 Å². The topological polar surface area (TPSA) is 180 Å². The number of piperidine rings is 1. The predicted octanol–water partition coefficient (Wildman–Crippen LogP) is 2.29. The van der Waals surface area contributed by atoms with E-state index in [-0.39, 0.29) is 24.2 Å². The average Bonchev–Trinajstić information content (AvgIpc) is 3.40. The van der Waals surface area contributed by atoms with E-state index in [1.54, 1.807) is 9.80 Å². The minimum absolute atomic E-state index is 0.0385. The molecule has 5 amide bonds. The van der Waals surface area contributed by atoms with Crippen molar-refractivity contribution < 1.29 is 24.0 Å². The molecule has 284 valence electrons. The standard InChI is InChI=1S/C40H59N7O5/c1-28(2)25-33(45-37(50)34(27-30-15-9-5-10-16-30)44-35(48)31(42)26-29-13-7-4-8-14-29)36(49)43-32(17-11-6-12-21-41)38(51)47-23-19-40(20-24-47)18-22-46(3)39(40)52/h4-5,7-10,13-16,28,31-34H,6,11-12,17-27,41-42H2,1-3H3,(H,43,49)(H,44,48)(H,45,50)/t31-,32-,33-,34-/m1/s1. The molecule has 2 saturated heterocycles. The van der Waals surface area contributed by atoms with Crippen molar-refractivity contribution in [3.05, 3.63) is 71.8 Å². The van der Waals surface area contributed by atoms with Crippen molar-refractivity contribution >= 4 is 29.5 Å². The Morgan fingerprint density at radius 2 is 1.27 bits per heavy atom. The molecule has 0 unspecified atom stereocenters. The maximum Gasteiger partial charge on any atom is 0.245 e. The molecule has 0 aromatic heterocycles. The lowest BCUT2D eigenvalue weighted by Crippen LogP contribution is -2.59. The van der Waals surface area contributed by atoms with Gasteiger partial charge in [0.15, 0.2) is 0 Å². The molecule has 4 atom stereocenters. The number of nitrogens with zero attached hydrogens (tertiary/aromatic N) is 2. The van der Waals surface area contributed by atoms with Crippen LogP contribution >= 0.6 is 0 Å². The molecule has 2 aromatic carbocycles. The lowest BCUT2D eigenvalue weighted by molar-refractivity contribution is -0.144. The first kappa shape index (κ1) is 40.5. The number of hydrogen-bond donors (Lipinski definition) is 5. The predicted molar refractivity (Wildman–Crippen MR) is 202 cm³/mol. The highest BCUT2D eigenvalue weighted by atomic mass is 16.2. The van der Waals surface area contributed by atoms with Crippen molar-refractivity contribution in [1.29, 1.82) is 0 Å². The fourth-order valence-corrected chi connectivity index (χ4v) is 7.31. The first-order valence-electron chi connectivity index (χ1n) is 18.9. The van der Waals surface area contributed by atoms with Crippen molar-refractivity contribution in [2.45, 2.75) is 102 Å². The van der Waals surface area contributed by atoms with Crippen molar-refractivity contribution in [2.24, 2.45) is 22.8 Å². The van der Waals surface area contributed by atoms with Crippen LogP contribution in [-0.4, -0.2) is 96.7 Å². The number of carbonyl (C=O) groups is 5. The van der Waals surface area contributed by atoms with Crippen molar-refractivity contribution in [3.8, 4) is 0 Å². The third-order valence-electron chi connectivity index (χ3n) is 10.5. The summed E-state index contributed by atoms with van der Waals surface area (Å²) in [5.74, 6) is -1.42. The second-order valence-corrected chi connectivity index (χ2v) is 15.0. The number of hydrogen-bond acceptors (Lipinski definition) is 7. The van der Waals surface area contributed by atoms with Crippen LogP contribution in [0, 0.1) is 11.3 Å². The fraction of sp³-hybridized carbons (Fsp3) is 0.575. The lowest BCUT2D eigenvalue weighted by atomic mass is 9.77. The number of rotatable bonds is 18. The number of nitrogens with two attached hydrogens (primary N) is 2. The Labute approximate surface area is 308 Å². The van der Waals surface area contributed by atoms with Gasteiger partial charge in [0.25, 0.3) is 0 Å². The van der Waals surface area contributed by atoms with Gasteiger partial charge in [0.1, 0.15) is 18.1 Å². The highest BCUT2D eigenvalue weighted by Crippen LogP contribution is 2.41. The highest BCUT2D eigenvalue weighted by molar-refractivity contribution is 5.95. The fourth-order valence-electron chi connectivity index (χ4n) is 7.31. The van der Waals surface area contributed by atoms with Gasteiger partial charge >= 0.3 is 0 Å². The number of amides is 5. The van der Waals surface area contributed by atoms with Gasteiger partial charge in [-0.1, -0.05) is 87.4 Å². The van der Waals surface area contributed by atoms with E-state index >= 15 is 0 Å². The van der Waals surface area contributed by atoms with Gasteiger partial charge < -0.3 is 37.2 Å². The van der Waals surface area contributed by atoms with E-state index in [4.69, 9.17) is 11.5 Å². The van der Waals surface area contributed by atoms with Gasteiger partial charge in [-0.3, -0.25) is 24.0 Å². The van der Waals surface area contributed by atoms with E-state index in [0.29, 0.717) is 58.2 Å². The molecule has 12 heteroatoms. The van der Waals surface area contributed by atoms with E-state index in [2.05, 4.69) is 16.0 Å². The molecule has 52 heavy (non-hydrogen) atoms. The molecule has 2 aromatic rings. The van der Waals surface area contributed by atoms with Crippen LogP contribution in [0.1, 0.15) is 76.3 Å².